The number of hydrogen-bond acceptors (Lipinski definition) is 4. The van der Waals surface area contributed by atoms with Gasteiger partial charge >= 0.3 is 0 Å². The molecular formula is C23H29BrN4O2. The van der Waals surface area contributed by atoms with Crippen LogP contribution < -0.4 is 10.6 Å². The molecule has 160 valence electrons. The summed E-state index contributed by atoms with van der Waals surface area (Å²) < 4.78 is 0.922. The summed E-state index contributed by atoms with van der Waals surface area (Å²) in [5.41, 5.74) is 2.94. The lowest BCUT2D eigenvalue weighted by molar-refractivity contribution is -0.121. The molecule has 2 N–H and O–H groups in total. The molecule has 2 aromatic rings. The van der Waals surface area contributed by atoms with Crippen LogP contribution in [0.25, 0.3) is 0 Å². The largest absolute Gasteiger partial charge is 0.352 e. The highest BCUT2D eigenvalue weighted by Gasteiger charge is 2.14. The van der Waals surface area contributed by atoms with Crippen molar-refractivity contribution in [2.75, 3.05) is 39.8 Å². The Labute approximate surface area is 186 Å². The standard InChI is InChI=1S/C23H29BrN4O2/c1-27-11-13-28(14-12-27)17-19-4-2-3-18(15-19)16-26-22(29)9-10-25-23(30)20-5-7-21(24)8-6-20/h2-8,15H,9-14,16-17H2,1H3,(H,25,30)(H,26,29). The zero-order chi connectivity index (χ0) is 21.3. The number of carbonyl (C=O) groups is 2. The molecule has 2 aromatic carbocycles. The predicted octanol–water partition coefficient (Wildman–Crippen LogP) is 2.63. The van der Waals surface area contributed by atoms with Gasteiger partial charge in [0.05, 0.1) is 0 Å². The summed E-state index contributed by atoms with van der Waals surface area (Å²) in [7, 11) is 2.16. The third-order valence-electron chi connectivity index (χ3n) is 5.23. The summed E-state index contributed by atoms with van der Waals surface area (Å²) in [4.78, 5) is 29.0. The lowest BCUT2D eigenvalue weighted by Gasteiger charge is -2.32. The van der Waals surface area contributed by atoms with Crippen LogP contribution in [0.1, 0.15) is 27.9 Å². The predicted molar refractivity (Wildman–Crippen MR) is 122 cm³/mol. The quantitative estimate of drug-likeness (QED) is 0.619. The molecule has 30 heavy (non-hydrogen) atoms. The van der Waals surface area contributed by atoms with Gasteiger partial charge in [0, 0.05) is 62.3 Å². The molecule has 0 spiro atoms. The van der Waals surface area contributed by atoms with Crippen LogP contribution in [0.5, 0.6) is 0 Å². The van der Waals surface area contributed by atoms with Crippen molar-refractivity contribution in [3.8, 4) is 0 Å². The van der Waals surface area contributed by atoms with E-state index in [1.54, 1.807) is 12.1 Å². The van der Waals surface area contributed by atoms with E-state index >= 15 is 0 Å². The highest BCUT2D eigenvalue weighted by molar-refractivity contribution is 9.10. The van der Waals surface area contributed by atoms with Gasteiger partial charge < -0.3 is 15.5 Å². The SMILES string of the molecule is CN1CCN(Cc2cccc(CNC(=O)CCNC(=O)c3ccc(Br)cc3)c2)CC1. The van der Waals surface area contributed by atoms with Crippen molar-refractivity contribution in [2.24, 2.45) is 0 Å². The maximum Gasteiger partial charge on any atom is 0.251 e. The molecule has 0 radical (unpaired) electrons. The number of carbonyl (C=O) groups excluding carboxylic acids is 2. The number of piperazine rings is 1. The fourth-order valence-corrected chi connectivity index (χ4v) is 3.65. The molecule has 2 amide bonds. The average Bonchev–Trinajstić information content (AvgIpc) is 2.75. The molecular weight excluding hydrogens is 444 g/mol. The van der Waals surface area contributed by atoms with Gasteiger partial charge in [0.1, 0.15) is 0 Å². The van der Waals surface area contributed by atoms with Gasteiger partial charge in [-0.3, -0.25) is 14.5 Å². The first-order chi connectivity index (χ1) is 14.5. The van der Waals surface area contributed by atoms with Crippen LogP contribution in [-0.4, -0.2) is 61.4 Å². The van der Waals surface area contributed by atoms with E-state index in [2.05, 4.69) is 55.5 Å². The van der Waals surface area contributed by atoms with E-state index in [1.165, 1.54) is 5.56 Å². The van der Waals surface area contributed by atoms with E-state index in [0.717, 1.165) is 42.8 Å². The van der Waals surface area contributed by atoms with Gasteiger partial charge in [-0.25, -0.2) is 0 Å². The molecule has 1 aliphatic heterocycles. The monoisotopic (exact) mass is 472 g/mol. The lowest BCUT2D eigenvalue weighted by atomic mass is 10.1. The molecule has 0 atom stereocenters. The van der Waals surface area contributed by atoms with Crippen molar-refractivity contribution < 1.29 is 9.59 Å². The number of nitrogens with zero attached hydrogens (tertiary/aromatic N) is 2. The number of likely N-dealkylation sites (N-methyl/N-ethyl adjacent to an activating group) is 1. The fourth-order valence-electron chi connectivity index (χ4n) is 3.38. The van der Waals surface area contributed by atoms with Crippen LogP contribution in [0.2, 0.25) is 0 Å². The molecule has 6 nitrogen and oxygen atoms in total. The minimum atomic E-state index is -0.174. The van der Waals surface area contributed by atoms with Crippen molar-refractivity contribution in [1.29, 1.82) is 0 Å². The summed E-state index contributed by atoms with van der Waals surface area (Å²) in [5.74, 6) is -0.248. The Morgan fingerprint density at radius 2 is 1.67 bits per heavy atom. The maximum absolute atomic E-state index is 12.1. The summed E-state index contributed by atoms with van der Waals surface area (Å²) >= 11 is 3.35. The normalized spacial score (nSPS) is 15.0. The number of amides is 2. The molecule has 1 fully saturated rings. The minimum absolute atomic E-state index is 0.0735. The van der Waals surface area contributed by atoms with Gasteiger partial charge in [-0.15, -0.1) is 0 Å². The zero-order valence-corrected chi connectivity index (χ0v) is 19.0. The topological polar surface area (TPSA) is 64.7 Å². The van der Waals surface area contributed by atoms with Crippen LogP contribution in [-0.2, 0) is 17.9 Å². The van der Waals surface area contributed by atoms with Crippen molar-refractivity contribution in [2.45, 2.75) is 19.5 Å². The smallest absolute Gasteiger partial charge is 0.251 e. The lowest BCUT2D eigenvalue weighted by Crippen LogP contribution is -2.43. The Morgan fingerprint density at radius 1 is 0.967 bits per heavy atom. The second-order valence-electron chi connectivity index (χ2n) is 7.69. The van der Waals surface area contributed by atoms with Crippen molar-refractivity contribution in [1.82, 2.24) is 20.4 Å². The number of halogens is 1. The Bertz CT molecular complexity index is 849. The third-order valence-corrected chi connectivity index (χ3v) is 5.76. The summed E-state index contributed by atoms with van der Waals surface area (Å²) in [6.07, 6.45) is 0.253. The van der Waals surface area contributed by atoms with E-state index in [-0.39, 0.29) is 18.2 Å². The van der Waals surface area contributed by atoms with Crippen LogP contribution >= 0.6 is 15.9 Å². The first-order valence-electron chi connectivity index (χ1n) is 10.3. The molecule has 0 unspecified atom stereocenters. The van der Waals surface area contributed by atoms with Crippen LogP contribution in [0.4, 0.5) is 0 Å². The highest BCUT2D eigenvalue weighted by Crippen LogP contribution is 2.11. The molecule has 3 rings (SSSR count). The Morgan fingerprint density at radius 3 is 2.40 bits per heavy atom. The van der Waals surface area contributed by atoms with Gasteiger partial charge in [-0.1, -0.05) is 40.2 Å². The third kappa shape index (κ3) is 7.23. The molecule has 0 aliphatic carbocycles. The molecule has 1 saturated heterocycles. The summed E-state index contributed by atoms with van der Waals surface area (Å²) in [5, 5.41) is 5.72. The molecule has 7 heteroatoms. The highest BCUT2D eigenvalue weighted by atomic mass is 79.9. The molecule has 1 heterocycles. The van der Waals surface area contributed by atoms with E-state index in [4.69, 9.17) is 0 Å². The van der Waals surface area contributed by atoms with Gasteiger partial charge in [0.15, 0.2) is 0 Å². The van der Waals surface area contributed by atoms with Crippen LogP contribution in [0.3, 0.4) is 0 Å². The first kappa shape index (κ1) is 22.5. The molecule has 0 aromatic heterocycles. The van der Waals surface area contributed by atoms with E-state index in [0.29, 0.717) is 18.7 Å². The van der Waals surface area contributed by atoms with E-state index < -0.39 is 0 Å². The molecule has 0 bridgehead atoms. The minimum Gasteiger partial charge on any atom is -0.352 e. The fraction of sp³-hybridized carbons (Fsp3) is 0.391. The number of hydrogen-bond donors (Lipinski definition) is 2. The summed E-state index contributed by atoms with van der Waals surface area (Å²) in [6, 6.07) is 15.5. The second kappa shape index (κ2) is 11.2. The number of rotatable bonds is 8. The van der Waals surface area contributed by atoms with Gasteiger partial charge in [-0.2, -0.15) is 0 Å². The van der Waals surface area contributed by atoms with Crippen LogP contribution in [0.15, 0.2) is 53.0 Å². The van der Waals surface area contributed by atoms with E-state index in [1.807, 2.05) is 24.3 Å². The van der Waals surface area contributed by atoms with Crippen LogP contribution in [0, 0.1) is 0 Å². The zero-order valence-electron chi connectivity index (χ0n) is 17.4. The van der Waals surface area contributed by atoms with Crippen molar-refractivity contribution in [3.63, 3.8) is 0 Å². The van der Waals surface area contributed by atoms with Crippen molar-refractivity contribution in [3.05, 3.63) is 69.7 Å². The Hall–Kier alpha value is -2.22. The first-order valence-corrected chi connectivity index (χ1v) is 11.1. The molecule has 0 saturated carbocycles. The number of benzene rings is 2. The number of nitrogens with one attached hydrogen (secondary N) is 2. The molecule has 1 aliphatic rings. The second-order valence-corrected chi connectivity index (χ2v) is 8.60. The Balaban J connectivity index is 1.38. The van der Waals surface area contributed by atoms with E-state index in [9.17, 15) is 9.59 Å². The van der Waals surface area contributed by atoms with Gasteiger partial charge in [0.25, 0.3) is 5.91 Å². The van der Waals surface area contributed by atoms with Gasteiger partial charge in [-0.05, 0) is 42.4 Å². The Kier molecular flexibility index (Phi) is 8.42. The van der Waals surface area contributed by atoms with Crippen molar-refractivity contribution >= 4 is 27.7 Å². The summed E-state index contributed by atoms with van der Waals surface area (Å²) in [6.45, 7) is 6.13. The average molecular weight is 473 g/mol. The van der Waals surface area contributed by atoms with Gasteiger partial charge in [0.2, 0.25) is 5.91 Å². The maximum atomic E-state index is 12.1.